The maximum atomic E-state index is 13.1. The fraction of sp³-hybridized carbons (Fsp3) is 0.318. The van der Waals surface area contributed by atoms with Crippen LogP contribution in [0.15, 0.2) is 48.5 Å². The Bertz CT molecular complexity index is 882. The second kappa shape index (κ2) is 10.7. The lowest BCUT2D eigenvalue weighted by molar-refractivity contribution is -0.138. The number of halogens is 3. The van der Waals surface area contributed by atoms with Crippen LogP contribution in [0.5, 0.6) is 11.5 Å². The van der Waals surface area contributed by atoms with Crippen molar-refractivity contribution >= 4 is 12.0 Å². The Hall–Kier alpha value is -3.00. The average Bonchev–Trinajstić information content (AvgIpc) is 2.72. The molecule has 0 fully saturated rings. The molecule has 0 saturated carbocycles. The van der Waals surface area contributed by atoms with Crippen LogP contribution in [0.3, 0.4) is 0 Å². The van der Waals surface area contributed by atoms with Crippen molar-refractivity contribution < 1.29 is 27.4 Å². The summed E-state index contributed by atoms with van der Waals surface area (Å²) in [5, 5.41) is 2.35. The number of benzene rings is 2. The highest BCUT2D eigenvalue weighted by atomic mass is 19.4. The first-order chi connectivity index (χ1) is 14.3. The van der Waals surface area contributed by atoms with Crippen LogP contribution in [-0.4, -0.2) is 19.6 Å². The zero-order chi connectivity index (χ0) is 22.1. The molecular weight excluding hydrogens is 397 g/mol. The van der Waals surface area contributed by atoms with E-state index in [0.29, 0.717) is 23.7 Å². The van der Waals surface area contributed by atoms with Gasteiger partial charge in [-0.3, -0.25) is 4.79 Å². The monoisotopic (exact) mass is 422 g/mol. The topological polar surface area (TPSA) is 73.6 Å². The molecule has 0 heterocycles. The summed E-state index contributed by atoms with van der Waals surface area (Å²) in [6.07, 6.45) is -1.23. The Morgan fingerprint density at radius 2 is 1.93 bits per heavy atom. The third-order valence-corrected chi connectivity index (χ3v) is 4.27. The zero-order valence-corrected chi connectivity index (χ0v) is 16.8. The van der Waals surface area contributed by atoms with Crippen molar-refractivity contribution in [1.82, 2.24) is 5.32 Å². The largest absolute Gasteiger partial charge is 0.493 e. The van der Waals surface area contributed by atoms with Gasteiger partial charge in [0.05, 0.1) is 19.3 Å². The second-order valence-corrected chi connectivity index (χ2v) is 6.52. The number of carbonyl (C=O) groups excluding carboxylic acids is 1. The van der Waals surface area contributed by atoms with E-state index in [0.717, 1.165) is 18.9 Å². The van der Waals surface area contributed by atoms with Gasteiger partial charge < -0.3 is 20.5 Å². The average molecular weight is 422 g/mol. The van der Waals surface area contributed by atoms with E-state index in [2.05, 4.69) is 12.2 Å². The molecule has 0 saturated heterocycles. The summed E-state index contributed by atoms with van der Waals surface area (Å²) in [5.74, 6) is 0.490. The number of hydrogen-bond donors (Lipinski definition) is 2. The third kappa shape index (κ3) is 6.52. The maximum absolute atomic E-state index is 13.1. The van der Waals surface area contributed by atoms with Gasteiger partial charge in [0.15, 0.2) is 11.5 Å². The summed E-state index contributed by atoms with van der Waals surface area (Å²) >= 11 is 0. The summed E-state index contributed by atoms with van der Waals surface area (Å²) in [4.78, 5) is 12.1. The first-order valence-corrected chi connectivity index (χ1v) is 9.47. The minimum atomic E-state index is -4.56. The lowest BCUT2D eigenvalue weighted by atomic mass is 10.0. The van der Waals surface area contributed by atoms with Gasteiger partial charge in [0, 0.05) is 11.6 Å². The van der Waals surface area contributed by atoms with Crippen LogP contribution in [0.4, 0.5) is 13.2 Å². The molecule has 2 aromatic rings. The molecule has 0 aromatic heterocycles. The van der Waals surface area contributed by atoms with E-state index in [-0.39, 0.29) is 5.56 Å². The van der Waals surface area contributed by atoms with Gasteiger partial charge >= 0.3 is 6.18 Å². The molecular formula is C22H25F3N2O3. The van der Waals surface area contributed by atoms with Crippen molar-refractivity contribution in [1.29, 1.82) is 0 Å². The van der Waals surface area contributed by atoms with Gasteiger partial charge in [0.1, 0.15) is 6.17 Å². The fourth-order valence-electron chi connectivity index (χ4n) is 2.71. The molecule has 0 aliphatic heterocycles. The Kier molecular flexibility index (Phi) is 8.29. The smallest absolute Gasteiger partial charge is 0.416 e. The molecule has 5 nitrogen and oxygen atoms in total. The molecule has 162 valence electrons. The molecule has 1 amide bonds. The van der Waals surface area contributed by atoms with E-state index >= 15 is 0 Å². The van der Waals surface area contributed by atoms with E-state index < -0.39 is 23.8 Å². The molecule has 0 aliphatic rings. The molecule has 8 heteroatoms. The van der Waals surface area contributed by atoms with Gasteiger partial charge in [-0.2, -0.15) is 13.2 Å². The highest BCUT2D eigenvalue weighted by molar-refractivity contribution is 5.92. The molecule has 0 bridgehead atoms. The Morgan fingerprint density at radius 1 is 1.20 bits per heavy atom. The van der Waals surface area contributed by atoms with Gasteiger partial charge in [-0.15, -0.1) is 0 Å². The number of methoxy groups -OCH3 is 1. The number of ether oxygens (including phenoxy) is 2. The van der Waals surface area contributed by atoms with Gasteiger partial charge in [0.2, 0.25) is 5.91 Å². The Labute approximate surface area is 173 Å². The second-order valence-electron chi connectivity index (χ2n) is 6.52. The quantitative estimate of drug-likeness (QED) is 0.350. The van der Waals surface area contributed by atoms with Crippen molar-refractivity contribution in [2.24, 2.45) is 5.73 Å². The lowest BCUT2D eigenvalue weighted by Crippen LogP contribution is -2.34. The van der Waals surface area contributed by atoms with Crippen LogP contribution in [-0.2, 0) is 11.0 Å². The number of rotatable bonds is 9. The van der Waals surface area contributed by atoms with Crippen LogP contribution in [0, 0.1) is 0 Å². The van der Waals surface area contributed by atoms with Gasteiger partial charge in [-0.25, -0.2) is 0 Å². The zero-order valence-electron chi connectivity index (χ0n) is 16.8. The van der Waals surface area contributed by atoms with Crippen LogP contribution >= 0.6 is 0 Å². The maximum Gasteiger partial charge on any atom is 0.416 e. The van der Waals surface area contributed by atoms with Crippen LogP contribution in [0.25, 0.3) is 6.08 Å². The predicted molar refractivity (Wildman–Crippen MR) is 109 cm³/mol. The molecule has 30 heavy (non-hydrogen) atoms. The number of unbranched alkanes of at least 4 members (excludes halogenated alkanes) is 1. The summed E-state index contributed by atoms with van der Waals surface area (Å²) < 4.78 is 50.3. The number of alkyl halides is 3. The Morgan fingerprint density at radius 3 is 2.60 bits per heavy atom. The van der Waals surface area contributed by atoms with Crippen molar-refractivity contribution in [2.75, 3.05) is 13.7 Å². The normalized spacial score (nSPS) is 12.6. The fourth-order valence-corrected chi connectivity index (χ4v) is 2.71. The minimum Gasteiger partial charge on any atom is -0.493 e. The number of hydrogen-bond acceptors (Lipinski definition) is 4. The number of carbonyl (C=O) groups is 1. The minimum absolute atomic E-state index is 0.206. The summed E-state index contributed by atoms with van der Waals surface area (Å²) in [7, 11) is 1.51. The number of nitrogens with two attached hydrogens (primary N) is 1. The van der Waals surface area contributed by atoms with Gasteiger partial charge in [-0.1, -0.05) is 37.6 Å². The summed E-state index contributed by atoms with van der Waals surface area (Å²) in [6, 6.07) is 10.0. The standard InChI is InChI=1S/C22H25F3N2O3/c1-3-4-13-30-18-11-9-15(14-19(18)29-2)10-12-20(28)27-21(26)16-7-5-6-8-17(16)22(23,24)25/h5-12,14,21H,3-4,13,26H2,1-2H3,(H,27,28)/b12-10+. The molecule has 0 spiro atoms. The van der Waals surface area contributed by atoms with E-state index in [1.807, 2.05) is 0 Å². The van der Waals surface area contributed by atoms with Crippen molar-refractivity contribution in [2.45, 2.75) is 32.1 Å². The molecule has 0 aliphatic carbocycles. The van der Waals surface area contributed by atoms with E-state index in [1.54, 1.807) is 18.2 Å². The first kappa shape index (κ1) is 23.3. The van der Waals surface area contributed by atoms with E-state index in [9.17, 15) is 18.0 Å². The van der Waals surface area contributed by atoms with E-state index in [1.165, 1.54) is 37.5 Å². The highest BCUT2D eigenvalue weighted by Gasteiger charge is 2.34. The molecule has 2 aromatic carbocycles. The number of amides is 1. The highest BCUT2D eigenvalue weighted by Crippen LogP contribution is 2.33. The third-order valence-electron chi connectivity index (χ3n) is 4.27. The first-order valence-electron chi connectivity index (χ1n) is 9.47. The molecule has 1 unspecified atom stereocenters. The Balaban J connectivity index is 2.06. The van der Waals surface area contributed by atoms with Crippen molar-refractivity contribution in [3.05, 3.63) is 65.2 Å². The van der Waals surface area contributed by atoms with Gasteiger partial charge in [-0.05, 0) is 36.3 Å². The summed E-state index contributed by atoms with van der Waals surface area (Å²) in [6.45, 7) is 2.63. The van der Waals surface area contributed by atoms with Crippen molar-refractivity contribution in [3.8, 4) is 11.5 Å². The molecule has 0 radical (unpaired) electrons. The number of nitrogens with one attached hydrogen (secondary N) is 1. The summed E-state index contributed by atoms with van der Waals surface area (Å²) in [5.41, 5.74) is 5.35. The predicted octanol–water partition coefficient (Wildman–Crippen LogP) is 4.68. The van der Waals surface area contributed by atoms with Crippen LogP contribution in [0.1, 0.15) is 42.6 Å². The lowest BCUT2D eigenvalue weighted by Gasteiger charge is -2.18. The molecule has 1 atom stereocenters. The van der Waals surface area contributed by atoms with Crippen molar-refractivity contribution in [3.63, 3.8) is 0 Å². The SMILES string of the molecule is CCCCOc1ccc(/C=C/C(=O)NC(N)c2ccccc2C(F)(F)F)cc1OC. The van der Waals surface area contributed by atoms with Crippen LogP contribution in [0.2, 0.25) is 0 Å². The molecule has 2 rings (SSSR count). The van der Waals surface area contributed by atoms with Crippen LogP contribution < -0.4 is 20.5 Å². The van der Waals surface area contributed by atoms with E-state index in [4.69, 9.17) is 15.2 Å². The van der Waals surface area contributed by atoms with Gasteiger partial charge in [0.25, 0.3) is 0 Å². The molecule has 3 N–H and O–H groups in total.